The Bertz CT molecular complexity index is 397. The largest absolute Gasteiger partial charge is 0.497 e. The van der Waals surface area contributed by atoms with E-state index in [0.29, 0.717) is 11.4 Å². The second kappa shape index (κ2) is 6.32. The van der Waals surface area contributed by atoms with Crippen LogP contribution in [-0.2, 0) is 0 Å². The van der Waals surface area contributed by atoms with Gasteiger partial charge in [0.1, 0.15) is 5.75 Å². The van der Waals surface area contributed by atoms with Crippen LogP contribution >= 0.6 is 11.6 Å². The molecule has 1 rings (SSSR count). The van der Waals surface area contributed by atoms with Crippen LogP contribution in [0, 0.1) is 0 Å². The number of carbonyl (C=O) groups is 1. The van der Waals surface area contributed by atoms with Crippen LogP contribution in [0.4, 0.5) is 5.69 Å². The highest BCUT2D eigenvalue weighted by atomic mass is 35.5. The van der Waals surface area contributed by atoms with Crippen LogP contribution in [0.15, 0.2) is 18.2 Å². The summed E-state index contributed by atoms with van der Waals surface area (Å²) >= 11 is 5.44. The number of nitrogens with one attached hydrogen (secondary N) is 1. The van der Waals surface area contributed by atoms with E-state index in [-0.39, 0.29) is 18.0 Å². The number of hydrogen-bond acceptors (Lipinski definition) is 4. The van der Waals surface area contributed by atoms with Crippen molar-refractivity contribution in [2.45, 2.75) is 6.10 Å². The van der Waals surface area contributed by atoms with E-state index in [4.69, 9.17) is 21.4 Å². The number of anilines is 1. The number of ether oxygens (including phenoxy) is 1. The van der Waals surface area contributed by atoms with Gasteiger partial charge in [0, 0.05) is 12.2 Å². The van der Waals surface area contributed by atoms with Gasteiger partial charge in [0.05, 0.1) is 24.7 Å². The molecule has 1 atom stereocenters. The van der Waals surface area contributed by atoms with Gasteiger partial charge in [-0.2, -0.15) is 0 Å². The molecule has 1 aromatic rings. The van der Waals surface area contributed by atoms with Gasteiger partial charge in [-0.3, -0.25) is 0 Å². The van der Waals surface area contributed by atoms with Gasteiger partial charge in [0.15, 0.2) is 0 Å². The van der Waals surface area contributed by atoms with Crippen LogP contribution in [-0.4, -0.2) is 41.8 Å². The second-order valence-corrected chi connectivity index (χ2v) is 3.71. The molecule has 0 radical (unpaired) electrons. The molecule has 0 amide bonds. The Balaban J connectivity index is 2.87. The number of rotatable bonds is 6. The Morgan fingerprint density at radius 3 is 2.82 bits per heavy atom. The van der Waals surface area contributed by atoms with E-state index in [0.717, 1.165) is 0 Å². The lowest BCUT2D eigenvalue weighted by molar-refractivity contribution is 0.0697. The minimum Gasteiger partial charge on any atom is -0.497 e. The molecule has 0 saturated carbocycles. The van der Waals surface area contributed by atoms with Crippen molar-refractivity contribution in [2.75, 3.05) is 24.9 Å². The number of carboxylic acid groups (broad SMARTS) is 1. The first kappa shape index (κ1) is 13.6. The zero-order valence-electron chi connectivity index (χ0n) is 9.31. The zero-order valence-corrected chi connectivity index (χ0v) is 10.1. The third-order valence-electron chi connectivity index (χ3n) is 2.16. The lowest BCUT2D eigenvalue weighted by Gasteiger charge is -2.13. The van der Waals surface area contributed by atoms with Crippen molar-refractivity contribution in [3.8, 4) is 5.75 Å². The topological polar surface area (TPSA) is 78.8 Å². The normalized spacial score (nSPS) is 11.9. The fourth-order valence-corrected chi connectivity index (χ4v) is 1.37. The fraction of sp³-hybridized carbons (Fsp3) is 0.364. The first-order valence-corrected chi connectivity index (χ1v) is 5.51. The van der Waals surface area contributed by atoms with E-state index >= 15 is 0 Å². The highest BCUT2D eigenvalue weighted by Crippen LogP contribution is 2.22. The standard InChI is InChI=1S/C11H14ClNO4/c1-17-8-2-3-10(9(4-8)11(15)16)13-6-7(14)5-12/h2-4,7,13-14H,5-6H2,1H3,(H,15,16). The summed E-state index contributed by atoms with van der Waals surface area (Å²) < 4.78 is 4.95. The summed E-state index contributed by atoms with van der Waals surface area (Å²) in [5.74, 6) is -0.511. The van der Waals surface area contributed by atoms with E-state index < -0.39 is 12.1 Å². The molecule has 0 aliphatic rings. The molecule has 0 aliphatic heterocycles. The van der Waals surface area contributed by atoms with Crippen molar-refractivity contribution < 1.29 is 19.7 Å². The van der Waals surface area contributed by atoms with Crippen molar-refractivity contribution in [2.24, 2.45) is 0 Å². The van der Waals surface area contributed by atoms with Gasteiger partial charge in [-0.15, -0.1) is 11.6 Å². The Kier molecular flexibility index (Phi) is 5.06. The Morgan fingerprint density at radius 2 is 2.29 bits per heavy atom. The number of halogens is 1. The summed E-state index contributed by atoms with van der Waals surface area (Å²) in [6.45, 7) is 0.191. The summed E-state index contributed by atoms with van der Waals surface area (Å²) in [6.07, 6.45) is -0.722. The molecule has 94 valence electrons. The summed E-state index contributed by atoms with van der Waals surface area (Å²) in [5, 5.41) is 21.1. The monoisotopic (exact) mass is 259 g/mol. The number of methoxy groups -OCH3 is 1. The molecular formula is C11H14ClNO4. The summed E-state index contributed by atoms with van der Waals surface area (Å²) in [5.41, 5.74) is 0.508. The number of aliphatic hydroxyl groups excluding tert-OH is 1. The highest BCUT2D eigenvalue weighted by Gasteiger charge is 2.12. The maximum absolute atomic E-state index is 11.0. The molecule has 0 heterocycles. The molecule has 0 fully saturated rings. The second-order valence-electron chi connectivity index (χ2n) is 3.41. The minimum atomic E-state index is -1.06. The third kappa shape index (κ3) is 3.80. The molecule has 0 saturated heterocycles. The molecule has 17 heavy (non-hydrogen) atoms. The fourth-order valence-electron chi connectivity index (χ4n) is 1.26. The maximum atomic E-state index is 11.0. The summed E-state index contributed by atoms with van der Waals surface area (Å²) in [6, 6.07) is 4.64. The van der Waals surface area contributed by atoms with Gasteiger partial charge in [-0.1, -0.05) is 0 Å². The number of alkyl halides is 1. The molecule has 0 aromatic heterocycles. The van der Waals surface area contributed by atoms with Crippen molar-refractivity contribution in [1.82, 2.24) is 0 Å². The third-order valence-corrected chi connectivity index (χ3v) is 2.52. The first-order chi connectivity index (χ1) is 8.08. The Labute approximate surface area is 104 Å². The van der Waals surface area contributed by atoms with Gasteiger partial charge in [-0.25, -0.2) is 4.79 Å². The van der Waals surface area contributed by atoms with Crippen LogP contribution in [0.3, 0.4) is 0 Å². The lowest BCUT2D eigenvalue weighted by Crippen LogP contribution is -2.21. The molecular weight excluding hydrogens is 246 g/mol. The number of benzene rings is 1. The number of carboxylic acids is 1. The van der Waals surface area contributed by atoms with Gasteiger partial charge in [-0.05, 0) is 18.2 Å². The Hall–Kier alpha value is -1.46. The molecule has 3 N–H and O–H groups in total. The van der Waals surface area contributed by atoms with Crippen molar-refractivity contribution in [3.05, 3.63) is 23.8 Å². The SMILES string of the molecule is COc1ccc(NCC(O)CCl)c(C(=O)O)c1. The van der Waals surface area contributed by atoms with Gasteiger partial charge in [0.25, 0.3) is 0 Å². The smallest absolute Gasteiger partial charge is 0.337 e. The highest BCUT2D eigenvalue weighted by molar-refractivity contribution is 6.18. The molecule has 1 aromatic carbocycles. The van der Waals surface area contributed by atoms with Gasteiger partial charge in [0.2, 0.25) is 0 Å². The lowest BCUT2D eigenvalue weighted by atomic mass is 10.1. The Morgan fingerprint density at radius 1 is 1.59 bits per heavy atom. The average Bonchev–Trinajstić information content (AvgIpc) is 2.35. The predicted molar refractivity (Wildman–Crippen MR) is 65.2 cm³/mol. The zero-order chi connectivity index (χ0) is 12.8. The van der Waals surface area contributed by atoms with Crippen LogP contribution in [0.5, 0.6) is 5.75 Å². The van der Waals surface area contributed by atoms with E-state index in [1.165, 1.54) is 13.2 Å². The van der Waals surface area contributed by atoms with Gasteiger partial charge < -0.3 is 20.3 Å². The van der Waals surface area contributed by atoms with E-state index in [1.54, 1.807) is 12.1 Å². The quantitative estimate of drug-likeness (QED) is 0.673. The van der Waals surface area contributed by atoms with Crippen LogP contribution < -0.4 is 10.1 Å². The number of aromatic carboxylic acids is 1. The van der Waals surface area contributed by atoms with Crippen LogP contribution in [0.2, 0.25) is 0 Å². The average molecular weight is 260 g/mol. The molecule has 0 bridgehead atoms. The van der Waals surface area contributed by atoms with E-state index in [1.807, 2.05) is 0 Å². The molecule has 0 spiro atoms. The number of aliphatic hydroxyl groups is 1. The van der Waals surface area contributed by atoms with Crippen molar-refractivity contribution >= 4 is 23.3 Å². The van der Waals surface area contributed by atoms with E-state index in [9.17, 15) is 9.90 Å². The van der Waals surface area contributed by atoms with Crippen LogP contribution in [0.1, 0.15) is 10.4 Å². The van der Waals surface area contributed by atoms with E-state index in [2.05, 4.69) is 5.32 Å². The summed E-state index contributed by atoms with van der Waals surface area (Å²) in [7, 11) is 1.46. The summed E-state index contributed by atoms with van der Waals surface area (Å²) in [4.78, 5) is 11.0. The van der Waals surface area contributed by atoms with Crippen molar-refractivity contribution in [1.29, 1.82) is 0 Å². The van der Waals surface area contributed by atoms with Crippen LogP contribution in [0.25, 0.3) is 0 Å². The molecule has 6 heteroatoms. The van der Waals surface area contributed by atoms with Crippen molar-refractivity contribution in [3.63, 3.8) is 0 Å². The minimum absolute atomic E-state index is 0.0888. The molecule has 1 unspecified atom stereocenters. The predicted octanol–water partition coefficient (Wildman–Crippen LogP) is 1.40. The molecule has 5 nitrogen and oxygen atoms in total. The number of hydrogen-bond donors (Lipinski definition) is 3. The molecule has 0 aliphatic carbocycles. The first-order valence-electron chi connectivity index (χ1n) is 4.97. The van der Waals surface area contributed by atoms with Gasteiger partial charge >= 0.3 is 5.97 Å². The maximum Gasteiger partial charge on any atom is 0.337 e.